The minimum atomic E-state index is 0.269. The van der Waals surface area contributed by atoms with Crippen LogP contribution in [0, 0.1) is 11.7 Å². The van der Waals surface area contributed by atoms with Crippen molar-refractivity contribution in [1.82, 2.24) is 20.2 Å². The fourth-order valence-corrected chi connectivity index (χ4v) is 2.74. The van der Waals surface area contributed by atoms with E-state index in [4.69, 9.17) is 12.2 Å². The van der Waals surface area contributed by atoms with Gasteiger partial charge in [-0.1, -0.05) is 10.3 Å². The van der Waals surface area contributed by atoms with Crippen molar-refractivity contribution in [3.63, 3.8) is 0 Å². The fraction of sp³-hybridized carbons (Fsp3) is 0.444. The number of aryl methyl sites for hydroxylation is 1. The van der Waals surface area contributed by atoms with E-state index >= 15 is 0 Å². The molecule has 6 heteroatoms. The third kappa shape index (κ3) is 2.32. The summed E-state index contributed by atoms with van der Waals surface area (Å²) in [6.07, 6.45) is 0.955. The number of hydrogen-bond donors (Lipinski definition) is 1. The molecule has 0 aliphatic rings. The number of nitrogens with one attached hydrogen (secondary N) is 1. The molecule has 1 unspecified atom stereocenters. The Balaban J connectivity index is 2.14. The zero-order valence-corrected chi connectivity index (χ0v) is 10.2. The van der Waals surface area contributed by atoms with Crippen molar-refractivity contribution in [3.8, 4) is 0 Å². The Kier molecular flexibility index (Phi) is 2.97. The maximum absolute atomic E-state index is 5.04. The van der Waals surface area contributed by atoms with Crippen molar-refractivity contribution in [2.75, 3.05) is 0 Å². The molecule has 0 saturated carbocycles. The highest BCUT2D eigenvalue weighted by Gasteiger charge is 2.09. The molecule has 80 valence electrons. The lowest BCUT2D eigenvalue weighted by atomic mass is 10.2. The van der Waals surface area contributed by atoms with E-state index in [-0.39, 0.29) is 6.04 Å². The summed E-state index contributed by atoms with van der Waals surface area (Å²) in [5, 5.41) is 10.2. The molecule has 0 spiro atoms. The van der Waals surface area contributed by atoms with Gasteiger partial charge in [0.25, 0.3) is 0 Å². The molecule has 0 bridgehead atoms. The van der Waals surface area contributed by atoms with Gasteiger partial charge in [0, 0.05) is 16.2 Å². The molecule has 1 N–H and O–H groups in total. The van der Waals surface area contributed by atoms with E-state index in [1.165, 1.54) is 9.75 Å². The van der Waals surface area contributed by atoms with Gasteiger partial charge in [0.2, 0.25) is 4.77 Å². The summed E-state index contributed by atoms with van der Waals surface area (Å²) in [5.74, 6) is 0. The molecule has 0 amide bonds. The lowest BCUT2D eigenvalue weighted by molar-refractivity contribution is 0.472. The minimum absolute atomic E-state index is 0.269. The Morgan fingerprint density at radius 1 is 1.60 bits per heavy atom. The van der Waals surface area contributed by atoms with Gasteiger partial charge in [0.1, 0.15) is 0 Å². The predicted molar refractivity (Wildman–Crippen MR) is 62.7 cm³/mol. The Labute approximate surface area is 96.9 Å². The van der Waals surface area contributed by atoms with Crippen LogP contribution in [0.15, 0.2) is 12.1 Å². The Hall–Kier alpha value is -1.01. The topological polar surface area (TPSA) is 46.5 Å². The maximum Gasteiger partial charge on any atom is 0.238 e. The summed E-state index contributed by atoms with van der Waals surface area (Å²) in [4.78, 5) is 2.69. The first kappa shape index (κ1) is 10.5. The first-order valence-corrected chi connectivity index (χ1v) is 5.94. The average Bonchev–Trinajstić information content (AvgIpc) is 2.75. The van der Waals surface area contributed by atoms with Crippen LogP contribution in [-0.4, -0.2) is 20.2 Å². The number of H-pyrrole nitrogens is 1. The molecule has 0 radical (unpaired) electrons. The van der Waals surface area contributed by atoms with Crippen molar-refractivity contribution in [2.45, 2.75) is 26.3 Å². The highest BCUT2D eigenvalue weighted by atomic mass is 32.1. The van der Waals surface area contributed by atoms with Crippen LogP contribution in [-0.2, 0) is 6.42 Å². The summed E-state index contributed by atoms with van der Waals surface area (Å²) in [6, 6.07) is 4.56. The van der Waals surface area contributed by atoms with Crippen LogP contribution < -0.4 is 0 Å². The van der Waals surface area contributed by atoms with Crippen molar-refractivity contribution < 1.29 is 0 Å². The fourth-order valence-electron chi connectivity index (χ4n) is 1.47. The summed E-state index contributed by atoms with van der Waals surface area (Å²) in [6.45, 7) is 4.22. The smallest absolute Gasteiger partial charge is 0.238 e. The van der Waals surface area contributed by atoms with Gasteiger partial charge in [-0.3, -0.25) is 0 Å². The first-order chi connectivity index (χ1) is 7.16. The van der Waals surface area contributed by atoms with Gasteiger partial charge in [-0.2, -0.15) is 5.21 Å². The second-order valence-electron chi connectivity index (χ2n) is 3.52. The molecule has 2 aromatic heterocycles. The molecule has 0 aliphatic heterocycles. The van der Waals surface area contributed by atoms with Crippen molar-refractivity contribution in [3.05, 3.63) is 26.7 Å². The zero-order valence-electron chi connectivity index (χ0n) is 8.60. The first-order valence-electron chi connectivity index (χ1n) is 4.71. The summed E-state index contributed by atoms with van der Waals surface area (Å²) in [7, 11) is 0. The molecular weight excluding hydrogens is 228 g/mol. The Morgan fingerprint density at radius 2 is 2.40 bits per heavy atom. The monoisotopic (exact) mass is 240 g/mol. The van der Waals surface area contributed by atoms with Crippen molar-refractivity contribution >= 4 is 23.6 Å². The van der Waals surface area contributed by atoms with Crippen molar-refractivity contribution in [2.24, 2.45) is 0 Å². The summed E-state index contributed by atoms with van der Waals surface area (Å²) < 4.78 is 2.32. The molecule has 2 aromatic rings. The lowest BCUT2D eigenvalue weighted by Gasteiger charge is -2.09. The molecule has 4 nitrogen and oxygen atoms in total. The predicted octanol–water partition coefficient (Wildman–Crippen LogP) is 2.51. The molecule has 0 aliphatic carbocycles. The van der Waals surface area contributed by atoms with Gasteiger partial charge in [-0.25, -0.2) is 4.68 Å². The second kappa shape index (κ2) is 4.24. The largest absolute Gasteiger partial charge is 0.239 e. The Morgan fingerprint density at radius 3 is 2.93 bits per heavy atom. The molecule has 0 aromatic carbocycles. The summed E-state index contributed by atoms with van der Waals surface area (Å²) >= 11 is 6.86. The number of thiophene rings is 1. The Bertz CT molecular complexity index is 496. The van der Waals surface area contributed by atoms with E-state index in [2.05, 4.69) is 41.5 Å². The normalized spacial score (nSPS) is 12.9. The summed E-state index contributed by atoms with van der Waals surface area (Å²) in [5.41, 5.74) is 0. The third-order valence-electron chi connectivity index (χ3n) is 2.23. The van der Waals surface area contributed by atoms with Crippen molar-refractivity contribution in [1.29, 1.82) is 0 Å². The van der Waals surface area contributed by atoms with Gasteiger partial charge in [-0.15, -0.1) is 11.3 Å². The SMILES string of the molecule is Cc1ccc(CC(C)n2[nH]nnc2=S)s1. The lowest BCUT2D eigenvalue weighted by Crippen LogP contribution is -2.09. The van der Waals surface area contributed by atoms with Gasteiger partial charge in [0.05, 0.1) is 6.04 Å². The van der Waals surface area contributed by atoms with E-state index in [1.807, 2.05) is 16.0 Å². The van der Waals surface area contributed by atoms with Gasteiger partial charge in [-0.05, 0) is 38.2 Å². The molecule has 2 heterocycles. The third-order valence-corrected chi connectivity index (χ3v) is 3.53. The average molecular weight is 240 g/mol. The second-order valence-corrected chi connectivity index (χ2v) is 5.26. The van der Waals surface area contributed by atoms with Crippen LogP contribution >= 0.6 is 23.6 Å². The van der Waals surface area contributed by atoms with Crippen LogP contribution in [0.3, 0.4) is 0 Å². The number of nitrogens with zero attached hydrogens (tertiary/aromatic N) is 3. The maximum atomic E-state index is 5.04. The number of hydrogen-bond acceptors (Lipinski definition) is 4. The van der Waals surface area contributed by atoms with Crippen LogP contribution in [0.2, 0.25) is 0 Å². The zero-order chi connectivity index (χ0) is 10.8. The standard InChI is InChI=1S/C9H12N4S2/c1-6(13-9(14)10-11-12-13)5-8-4-3-7(2)15-8/h3-4,6H,5H2,1-2H3,(H,10,12,14). The van der Waals surface area contributed by atoms with E-state index < -0.39 is 0 Å². The highest BCUT2D eigenvalue weighted by molar-refractivity contribution is 7.71. The molecule has 0 saturated heterocycles. The molecule has 1 atom stereocenters. The van der Waals surface area contributed by atoms with Gasteiger partial charge in [0.15, 0.2) is 0 Å². The number of aromatic amines is 1. The van der Waals surface area contributed by atoms with Gasteiger partial charge < -0.3 is 0 Å². The number of tetrazole rings is 1. The minimum Gasteiger partial charge on any atom is -0.239 e. The van der Waals surface area contributed by atoms with Gasteiger partial charge >= 0.3 is 0 Å². The highest BCUT2D eigenvalue weighted by Crippen LogP contribution is 2.20. The van der Waals surface area contributed by atoms with Crippen LogP contribution in [0.1, 0.15) is 22.7 Å². The molecule has 2 rings (SSSR count). The van der Waals surface area contributed by atoms with E-state index in [9.17, 15) is 0 Å². The van der Waals surface area contributed by atoms with E-state index in [1.54, 1.807) is 0 Å². The van der Waals surface area contributed by atoms with Crippen LogP contribution in [0.25, 0.3) is 0 Å². The molecular formula is C9H12N4S2. The number of aromatic nitrogens is 4. The molecule has 0 fully saturated rings. The number of rotatable bonds is 3. The van der Waals surface area contributed by atoms with E-state index in [0.717, 1.165) is 6.42 Å². The quantitative estimate of drug-likeness (QED) is 0.839. The van der Waals surface area contributed by atoms with E-state index in [0.29, 0.717) is 4.77 Å². The van der Waals surface area contributed by atoms with Crippen LogP contribution in [0.4, 0.5) is 0 Å². The van der Waals surface area contributed by atoms with Crippen LogP contribution in [0.5, 0.6) is 0 Å². The molecule has 15 heavy (non-hydrogen) atoms.